The van der Waals surface area contributed by atoms with Crippen molar-refractivity contribution in [1.82, 2.24) is 10.2 Å². The molecule has 12 nitrogen and oxygen atoms in total. The summed E-state index contributed by atoms with van der Waals surface area (Å²) in [6.45, 7) is -0.0733. The Balaban J connectivity index is 1.50. The van der Waals surface area contributed by atoms with Gasteiger partial charge in [-0.1, -0.05) is 42.5 Å². The van der Waals surface area contributed by atoms with Gasteiger partial charge in [-0.15, -0.1) is 0 Å². The fourth-order valence-corrected chi connectivity index (χ4v) is 5.78. The SMILES string of the molecule is COC(=O)c1ccc(C2NC(Cc3ccc([N+](=O)[O-])cc3)(C(=O)O)C3C(=O)N(CCOc4ccccc4)C(=O)C23)cc1. The van der Waals surface area contributed by atoms with Gasteiger partial charge in [0.25, 0.3) is 5.69 Å². The summed E-state index contributed by atoms with van der Waals surface area (Å²) in [5, 5.41) is 24.8. The molecule has 3 aromatic rings. The first-order valence-electron chi connectivity index (χ1n) is 13.1. The summed E-state index contributed by atoms with van der Waals surface area (Å²) >= 11 is 0. The van der Waals surface area contributed by atoms with E-state index in [1.165, 1.54) is 43.5 Å². The summed E-state index contributed by atoms with van der Waals surface area (Å²) in [6, 6.07) is 19.5. The van der Waals surface area contributed by atoms with Gasteiger partial charge in [0.2, 0.25) is 11.8 Å². The van der Waals surface area contributed by atoms with Crippen molar-refractivity contribution in [1.29, 1.82) is 0 Å². The van der Waals surface area contributed by atoms with Crippen LogP contribution in [0.15, 0.2) is 78.9 Å². The number of carbonyl (C=O) groups excluding carboxylic acids is 3. The summed E-state index contributed by atoms with van der Waals surface area (Å²) in [5.74, 6) is -4.87. The Kier molecular flexibility index (Phi) is 7.72. The first-order chi connectivity index (χ1) is 20.2. The quantitative estimate of drug-likeness (QED) is 0.159. The average molecular weight is 574 g/mol. The standard InChI is InChI=1S/C30H27N3O9/c1-41-28(36)20-11-9-19(10-12-20)25-23-24(27(35)32(26(23)34)15-16-42-22-5-3-2-4-6-22)30(31-25,29(37)38)17-18-7-13-21(14-8-18)33(39)40/h2-14,23-25,31H,15-17H2,1H3,(H,37,38). The number of para-hydroxylation sites is 1. The van der Waals surface area contributed by atoms with Gasteiger partial charge in [-0.25, -0.2) is 4.79 Å². The Bertz CT molecular complexity index is 1530. The number of ether oxygens (including phenoxy) is 2. The lowest BCUT2D eigenvalue weighted by atomic mass is 9.76. The van der Waals surface area contributed by atoms with Crippen LogP contribution in [-0.4, -0.2) is 64.5 Å². The van der Waals surface area contributed by atoms with Crippen LogP contribution in [0.25, 0.3) is 0 Å². The predicted octanol–water partition coefficient (Wildman–Crippen LogP) is 2.77. The van der Waals surface area contributed by atoms with Crippen LogP contribution >= 0.6 is 0 Å². The molecule has 2 aliphatic rings. The second-order valence-electron chi connectivity index (χ2n) is 10.1. The van der Waals surface area contributed by atoms with E-state index in [0.717, 1.165) is 4.90 Å². The number of benzene rings is 3. The number of likely N-dealkylation sites (tertiary alicyclic amines) is 1. The molecule has 216 valence electrons. The summed E-state index contributed by atoms with van der Waals surface area (Å²) in [7, 11) is 1.25. The second kappa shape index (κ2) is 11.4. The number of esters is 1. The van der Waals surface area contributed by atoms with E-state index in [1.54, 1.807) is 36.4 Å². The fourth-order valence-electron chi connectivity index (χ4n) is 5.78. The van der Waals surface area contributed by atoms with Crippen molar-refractivity contribution >= 4 is 29.4 Å². The maximum absolute atomic E-state index is 13.8. The van der Waals surface area contributed by atoms with E-state index in [-0.39, 0.29) is 30.8 Å². The minimum absolute atomic E-state index is 0.00921. The molecule has 3 aromatic carbocycles. The van der Waals surface area contributed by atoms with E-state index in [1.807, 2.05) is 6.07 Å². The molecular weight excluding hydrogens is 546 g/mol. The fraction of sp³-hybridized carbons (Fsp3) is 0.267. The molecule has 5 rings (SSSR count). The number of carboxylic acids is 1. The maximum Gasteiger partial charge on any atom is 0.337 e. The normalized spacial score (nSPS) is 23.0. The van der Waals surface area contributed by atoms with Crippen molar-refractivity contribution in [3.05, 3.63) is 106 Å². The third-order valence-electron chi connectivity index (χ3n) is 7.77. The van der Waals surface area contributed by atoms with Crippen LogP contribution in [0.1, 0.15) is 27.5 Å². The molecule has 4 atom stereocenters. The van der Waals surface area contributed by atoms with Crippen LogP contribution < -0.4 is 10.1 Å². The van der Waals surface area contributed by atoms with Crippen molar-refractivity contribution in [3.63, 3.8) is 0 Å². The molecular formula is C30H27N3O9. The number of carboxylic acid groups (broad SMARTS) is 1. The second-order valence-corrected chi connectivity index (χ2v) is 10.1. The van der Waals surface area contributed by atoms with Crippen molar-refractivity contribution in [3.8, 4) is 5.75 Å². The highest BCUT2D eigenvalue weighted by Crippen LogP contribution is 2.50. The van der Waals surface area contributed by atoms with Gasteiger partial charge < -0.3 is 14.6 Å². The summed E-state index contributed by atoms with van der Waals surface area (Å²) in [5.41, 5.74) is -0.871. The maximum atomic E-state index is 13.8. The molecule has 2 heterocycles. The molecule has 12 heteroatoms. The van der Waals surface area contributed by atoms with Crippen molar-refractivity contribution < 1.29 is 38.7 Å². The number of nitro groups is 1. The smallest absolute Gasteiger partial charge is 0.337 e. The van der Waals surface area contributed by atoms with Crippen LogP contribution in [0, 0.1) is 22.0 Å². The molecule has 0 saturated carbocycles. The zero-order valence-electron chi connectivity index (χ0n) is 22.5. The van der Waals surface area contributed by atoms with Gasteiger partial charge in [0.05, 0.1) is 36.0 Å². The van der Waals surface area contributed by atoms with Gasteiger partial charge in [-0.3, -0.25) is 34.7 Å². The number of hydrogen-bond donors (Lipinski definition) is 2. The van der Waals surface area contributed by atoms with Crippen LogP contribution in [-0.2, 0) is 25.5 Å². The van der Waals surface area contributed by atoms with Crippen LogP contribution in [0.4, 0.5) is 5.69 Å². The number of imide groups is 1. The molecule has 4 unspecified atom stereocenters. The number of fused-ring (bicyclic) bond motifs is 1. The number of aliphatic carboxylic acids is 1. The highest BCUT2D eigenvalue weighted by Gasteiger charge is 2.68. The minimum atomic E-state index is -1.91. The van der Waals surface area contributed by atoms with E-state index in [2.05, 4.69) is 5.32 Å². The summed E-state index contributed by atoms with van der Waals surface area (Å²) in [4.78, 5) is 64.2. The number of nitrogens with one attached hydrogen (secondary N) is 1. The van der Waals surface area contributed by atoms with Gasteiger partial charge >= 0.3 is 11.9 Å². The van der Waals surface area contributed by atoms with Crippen LogP contribution in [0.2, 0.25) is 0 Å². The Labute approximate surface area is 240 Å². The first-order valence-corrected chi connectivity index (χ1v) is 13.1. The van der Waals surface area contributed by atoms with Gasteiger partial charge in [0.1, 0.15) is 17.9 Å². The molecule has 2 amide bonds. The molecule has 2 aliphatic heterocycles. The average Bonchev–Trinajstić information content (AvgIpc) is 3.47. The Morgan fingerprint density at radius 1 is 1.00 bits per heavy atom. The molecule has 0 radical (unpaired) electrons. The molecule has 42 heavy (non-hydrogen) atoms. The molecule has 2 saturated heterocycles. The Hall–Kier alpha value is -5.10. The third-order valence-corrected chi connectivity index (χ3v) is 7.77. The summed E-state index contributed by atoms with van der Waals surface area (Å²) < 4.78 is 10.4. The Morgan fingerprint density at radius 3 is 2.26 bits per heavy atom. The van der Waals surface area contributed by atoms with Crippen molar-refractivity contribution in [2.75, 3.05) is 20.3 Å². The monoisotopic (exact) mass is 573 g/mol. The number of methoxy groups -OCH3 is 1. The molecule has 0 spiro atoms. The Morgan fingerprint density at radius 2 is 1.67 bits per heavy atom. The highest BCUT2D eigenvalue weighted by atomic mass is 16.6. The lowest BCUT2D eigenvalue weighted by Gasteiger charge is -2.31. The number of rotatable bonds is 10. The molecule has 0 bridgehead atoms. The number of non-ortho nitro benzene ring substituents is 1. The molecule has 2 fully saturated rings. The highest BCUT2D eigenvalue weighted by molar-refractivity contribution is 6.09. The minimum Gasteiger partial charge on any atom is -0.492 e. The zero-order chi connectivity index (χ0) is 30.0. The number of amides is 2. The zero-order valence-corrected chi connectivity index (χ0v) is 22.5. The third kappa shape index (κ3) is 5.07. The molecule has 0 aromatic heterocycles. The number of nitrogens with zero attached hydrogens (tertiary/aromatic N) is 2. The molecule has 0 aliphatic carbocycles. The van der Waals surface area contributed by atoms with Crippen LogP contribution in [0.3, 0.4) is 0 Å². The topological polar surface area (TPSA) is 165 Å². The molecule has 2 N–H and O–H groups in total. The van der Waals surface area contributed by atoms with Gasteiger partial charge in [0, 0.05) is 24.6 Å². The number of hydrogen-bond acceptors (Lipinski definition) is 9. The first kappa shape index (κ1) is 28.4. The van der Waals surface area contributed by atoms with Crippen LogP contribution in [0.5, 0.6) is 5.75 Å². The van der Waals surface area contributed by atoms with E-state index in [0.29, 0.717) is 16.9 Å². The predicted molar refractivity (Wildman–Crippen MR) is 146 cm³/mol. The summed E-state index contributed by atoms with van der Waals surface area (Å²) in [6.07, 6.45) is -0.217. The van der Waals surface area contributed by atoms with E-state index >= 15 is 0 Å². The lowest BCUT2D eigenvalue weighted by Crippen LogP contribution is -2.57. The lowest BCUT2D eigenvalue weighted by molar-refractivity contribution is -0.384. The van der Waals surface area contributed by atoms with E-state index < -0.39 is 52.1 Å². The number of nitro benzene ring substituents is 1. The van der Waals surface area contributed by atoms with E-state index in [4.69, 9.17) is 9.47 Å². The van der Waals surface area contributed by atoms with Crippen molar-refractivity contribution in [2.45, 2.75) is 18.0 Å². The van der Waals surface area contributed by atoms with Gasteiger partial charge in [-0.05, 0) is 35.4 Å². The van der Waals surface area contributed by atoms with E-state index in [9.17, 15) is 34.4 Å². The van der Waals surface area contributed by atoms with Gasteiger partial charge in [0.15, 0.2) is 0 Å². The largest absolute Gasteiger partial charge is 0.492 e. The van der Waals surface area contributed by atoms with Gasteiger partial charge in [-0.2, -0.15) is 0 Å². The number of carbonyl (C=O) groups is 4. The van der Waals surface area contributed by atoms with Crippen molar-refractivity contribution in [2.24, 2.45) is 11.8 Å².